The van der Waals surface area contributed by atoms with E-state index in [1.54, 1.807) is 13.1 Å². The maximum Gasteiger partial charge on any atom is 0.130 e. The second-order valence-corrected chi connectivity index (χ2v) is 7.99. The van der Waals surface area contributed by atoms with Crippen LogP contribution in [0, 0.1) is 5.92 Å². The minimum Gasteiger partial charge on any atom is -0.489 e. The first-order chi connectivity index (χ1) is 16.7. The lowest BCUT2D eigenvalue weighted by Gasteiger charge is -2.11. The molecule has 0 amide bonds. The third-order valence-corrected chi connectivity index (χ3v) is 5.17. The summed E-state index contributed by atoms with van der Waals surface area (Å²) in [6.45, 7) is 7.16. The number of benzene rings is 1. The summed E-state index contributed by atoms with van der Waals surface area (Å²) >= 11 is 0. The lowest BCUT2D eigenvalue weighted by molar-refractivity contribution is 0.342. The van der Waals surface area contributed by atoms with E-state index in [1.165, 1.54) is 0 Å². The number of hydrogen-bond acceptors (Lipinski definition) is 6. The number of ether oxygens (including phenoxy) is 2. The maximum absolute atomic E-state index is 6.01. The molecule has 2 N–H and O–H groups in total. The van der Waals surface area contributed by atoms with Gasteiger partial charge in [0.1, 0.15) is 24.7 Å². The predicted octanol–water partition coefficient (Wildman–Crippen LogP) is 5.11. The van der Waals surface area contributed by atoms with Gasteiger partial charge in [-0.3, -0.25) is 4.99 Å². The molecule has 178 valence electrons. The standard InChI is InChI=1S/C27H33N5O2/c1-4-22(18-29-32-31-28-3)13-12-21(2)19-33-26-10-7-11-27(17-26)34-20-25-15-14-23-8-5-6-9-24(16-23)30-25/h4-15,17,23-24H,1,16,18-20H2,2-3H3,(H,28,32)(H,29,31)/b21-12+,22-13+. The van der Waals surface area contributed by atoms with E-state index in [1.807, 2.05) is 43.3 Å². The fraction of sp³-hybridized carbons (Fsp3) is 0.296. The van der Waals surface area contributed by atoms with Crippen molar-refractivity contribution in [2.75, 3.05) is 26.8 Å². The highest BCUT2D eigenvalue weighted by atomic mass is 16.5. The molecule has 1 aliphatic heterocycles. The Bertz CT molecular complexity index is 1030. The van der Waals surface area contributed by atoms with Gasteiger partial charge in [0.05, 0.1) is 18.3 Å². The number of fused-ring (bicyclic) bond motifs is 2. The van der Waals surface area contributed by atoms with Gasteiger partial charge in [-0.25, -0.2) is 11.0 Å². The average Bonchev–Trinajstić information content (AvgIpc) is 3.21. The van der Waals surface area contributed by atoms with Gasteiger partial charge in [-0.05, 0) is 48.6 Å². The summed E-state index contributed by atoms with van der Waals surface area (Å²) in [5.41, 5.74) is 8.21. The molecule has 0 saturated carbocycles. The van der Waals surface area contributed by atoms with Gasteiger partial charge in [-0.2, -0.15) is 5.11 Å². The first-order valence-corrected chi connectivity index (χ1v) is 11.4. The minimum absolute atomic E-state index is 0.196. The van der Waals surface area contributed by atoms with Crippen LogP contribution in [0.3, 0.4) is 0 Å². The van der Waals surface area contributed by atoms with Crippen molar-refractivity contribution in [1.29, 1.82) is 0 Å². The molecule has 34 heavy (non-hydrogen) atoms. The molecular formula is C27H33N5O2. The van der Waals surface area contributed by atoms with E-state index in [0.717, 1.165) is 34.8 Å². The van der Waals surface area contributed by atoms with Crippen molar-refractivity contribution in [1.82, 2.24) is 11.0 Å². The van der Waals surface area contributed by atoms with Crippen molar-refractivity contribution >= 4 is 5.71 Å². The summed E-state index contributed by atoms with van der Waals surface area (Å²) < 4.78 is 12.0. The first-order valence-electron chi connectivity index (χ1n) is 11.4. The van der Waals surface area contributed by atoms with Gasteiger partial charge in [-0.1, -0.05) is 66.5 Å². The maximum atomic E-state index is 6.01. The molecule has 2 atom stereocenters. The Hall–Kier alpha value is -3.71. The lowest BCUT2D eigenvalue weighted by Crippen LogP contribution is -2.20. The van der Waals surface area contributed by atoms with Crippen molar-refractivity contribution < 1.29 is 9.47 Å². The van der Waals surface area contributed by atoms with Crippen LogP contribution in [0.5, 0.6) is 11.5 Å². The van der Waals surface area contributed by atoms with E-state index in [4.69, 9.17) is 14.5 Å². The fourth-order valence-electron chi connectivity index (χ4n) is 3.34. The van der Waals surface area contributed by atoms with Crippen molar-refractivity contribution in [3.63, 3.8) is 0 Å². The van der Waals surface area contributed by atoms with Crippen LogP contribution >= 0.6 is 0 Å². The third-order valence-electron chi connectivity index (χ3n) is 5.17. The van der Waals surface area contributed by atoms with Crippen LogP contribution in [0.15, 0.2) is 112 Å². The van der Waals surface area contributed by atoms with Gasteiger partial charge in [0.2, 0.25) is 0 Å². The molecule has 1 aromatic carbocycles. The normalized spacial score (nSPS) is 20.0. The van der Waals surface area contributed by atoms with Gasteiger partial charge < -0.3 is 9.47 Å². The topological polar surface area (TPSA) is 79.6 Å². The quantitative estimate of drug-likeness (QED) is 0.259. The minimum atomic E-state index is 0.196. The second-order valence-electron chi connectivity index (χ2n) is 7.99. The SMILES string of the molecule is C=C/C(=C\C=C(/C)COc1cccc(OCC2=NC3C=CC=CC(C=C2)C3)c1)CN=NNNC. The molecule has 1 aliphatic carbocycles. The number of nitrogens with one attached hydrogen (secondary N) is 2. The van der Waals surface area contributed by atoms with E-state index in [9.17, 15) is 0 Å². The monoisotopic (exact) mass is 459 g/mol. The van der Waals surface area contributed by atoms with Crippen molar-refractivity contribution in [2.45, 2.75) is 19.4 Å². The van der Waals surface area contributed by atoms with Gasteiger partial charge in [0.25, 0.3) is 0 Å². The van der Waals surface area contributed by atoms with E-state index < -0.39 is 0 Å². The summed E-state index contributed by atoms with van der Waals surface area (Å²) in [5, 5.41) is 7.77. The summed E-state index contributed by atoms with van der Waals surface area (Å²) in [4.78, 5) is 4.83. The van der Waals surface area contributed by atoms with Crippen molar-refractivity contribution in [3.8, 4) is 11.5 Å². The molecule has 2 unspecified atom stereocenters. The smallest absolute Gasteiger partial charge is 0.130 e. The molecule has 0 fully saturated rings. The van der Waals surface area contributed by atoms with Gasteiger partial charge in [0.15, 0.2) is 0 Å². The number of nitrogens with zero attached hydrogens (tertiary/aromatic N) is 3. The predicted molar refractivity (Wildman–Crippen MR) is 138 cm³/mol. The van der Waals surface area contributed by atoms with Gasteiger partial charge in [-0.15, -0.1) is 0 Å². The van der Waals surface area contributed by atoms with E-state index in [2.05, 4.69) is 64.3 Å². The number of hydrazine groups is 1. The second kappa shape index (κ2) is 13.7. The Morgan fingerprint density at radius 1 is 1.18 bits per heavy atom. The van der Waals surface area contributed by atoms with E-state index in [0.29, 0.717) is 25.7 Å². The lowest BCUT2D eigenvalue weighted by atomic mass is 10.0. The summed E-state index contributed by atoms with van der Waals surface area (Å²) in [7, 11) is 1.72. The zero-order chi connectivity index (χ0) is 24.0. The molecule has 3 rings (SSSR count). The van der Waals surface area contributed by atoms with Crippen LogP contribution in [0.4, 0.5) is 0 Å². The Balaban J connectivity index is 1.51. The molecule has 7 heteroatoms. The highest BCUT2D eigenvalue weighted by Gasteiger charge is 2.15. The largest absolute Gasteiger partial charge is 0.489 e. The van der Waals surface area contributed by atoms with Crippen LogP contribution in [0.2, 0.25) is 0 Å². The first kappa shape index (κ1) is 24.9. The molecule has 2 aliphatic rings. The molecule has 1 heterocycles. The third kappa shape index (κ3) is 8.67. The van der Waals surface area contributed by atoms with E-state index >= 15 is 0 Å². The zero-order valence-electron chi connectivity index (χ0n) is 19.9. The van der Waals surface area contributed by atoms with Gasteiger partial charge in [0, 0.05) is 13.1 Å². The average molecular weight is 460 g/mol. The van der Waals surface area contributed by atoms with Crippen LogP contribution in [-0.4, -0.2) is 38.6 Å². The van der Waals surface area contributed by atoms with Crippen LogP contribution in [-0.2, 0) is 0 Å². The van der Waals surface area contributed by atoms with E-state index in [-0.39, 0.29) is 6.04 Å². The van der Waals surface area contributed by atoms with Crippen molar-refractivity contribution in [3.05, 3.63) is 96.7 Å². The molecule has 7 nitrogen and oxygen atoms in total. The molecule has 2 bridgehead atoms. The number of rotatable bonds is 12. The fourth-order valence-corrected chi connectivity index (χ4v) is 3.34. The van der Waals surface area contributed by atoms with Gasteiger partial charge >= 0.3 is 0 Å². The van der Waals surface area contributed by atoms with Crippen LogP contribution in [0.1, 0.15) is 13.3 Å². The highest BCUT2D eigenvalue weighted by Crippen LogP contribution is 2.22. The van der Waals surface area contributed by atoms with Crippen LogP contribution in [0.25, 0.3) is 0 Å². The molecular weight excluding hydrogens is 426 g/mol. The van der Waals surface area contributed by atoms with Crippen molar-refractivity contribution in [2.24, 2.45) is 21.2 Å². The summed E-state index contributed by atoms with van der Waals surface area (Å²) in [6.07, 6.45) is 19.5. The number of aliphatic imine (C=N–C) groups is 1. The Morgan fingerprint density at radius 3 is 2.82 bits per heavy atom. The Morgan fingerprint density at radius 2 is 2.00 bits per heavy atom. The molecule has 1 aromatic rings. The molecule has 0 spiro atoms. The molecule has 0 saturated heterocycles. The summed E-state index contributed by atoms with van der Waals surface area (Å²) in [5.74, 6) is 1.93. The highest BCUT2D eigenvalue weighted by molar-refractivity contribution is 5.96. The van der Waals surface area contributed by atoms with Crippen LogP contribution < -0.4 is 20.4 Å². The Labute approximate surface area is 202 Å². The summed E-state index contributed by atoms with van der Waals surface area (Å²) in [6, 6.07) is 7.88. The Kier molecular flexibility index (Phi) is 10.1. The zero-order valence-corrected chi connectivity index (χ0v) is 19.9. The number of allylic oxidation sites excluding steroid dienone is 6. The molecule has 0 radical (unpaired) electrons. The number of hydrogen-bond donors (Lipinski definition) is 2. The molecule has 0 aromatic heterocycles.